The van der Waals surface area contributed by atoms with Crippen LogP contribution in [0, 0.1) is 0 Å². The summed E-state index contributed by atoms with van der Waals surface area (Å²) in [7, 11) is 0. The van der Waals surface area contributed by atoms with Crippen molar-refractivity contribution in [3.63, 3.8) is 0 Å². The van der Waals surface area contributed by atoms with E-state index in [0.717, 1.165) is 5.56 Å². The highest BCUT2D eigenvalue weighted by Gasteiger charge is 2.08. The number of hydrogen-bond donors (Lipinski definition) is 2. The van der Waals surface area contributed by atoms with Gasteiger partial charge in [-0.15, -0.1) is 0 Å². The van der Waals surface area contributed by atoms with E-state index in [0.29, 0.717) is 17.7 Å². The van der Waals surface area contributed by atoms with Gasteiger partial charge in [-0.25, -0.2) is 9.78 Å². The van der Waals surface area contributed by atoms with Crippen LogP contribution < -0.4 is 0 Å². The third-order valence-corrected chi connectivity index (χ3v) is 2.36. The van der Waals surface area contributed by atoms with Gasteiger partial charge in [0, 0.05) is 12.0 Å². The van der Waals surface area contributed by atoms with Crippen molar-refractivity contribution in [3.05, 3.63) is 59.7 Å². The van der Waals surface area contributed by atoms with Gasteiger partial charge in [0.2, 0.25) is 0 Å². The van der Waals surface area contributed by atoms with Crippen LogP contribution in [0.2, 0.25) is 0 Å². The van der Waals surface area contributed by atoms with Gasteiger partial charge in [-0.3, -0.25) is 0 Å². The maximum atomic E-state index is 11.1. The maximum absolute atomic E-state index is 11.1. The molecular formula is C13H12N2O2. The Morgan fingerprint density at radius 1 is 1.35 bits per heavy atom. The van der Waals surface area contributed by atoms with Crippen LogP contribution in [0.4, 0.5) is 0 Å². The molecule has 1 aromatic heterocycles. The van der Waals surface area contributed by atoms with Crippen molar-refractivity contribution in [1.29, 1.82) is 0 Å². The lowest BCUT2D eigenvalue weighted by molar-refractivity contribution is -0.132. The lowest BCUT2D eigenvalue weighted by atomic mass is 10.0. The molecule has 0 radical (unpaired) electrons. The van der Waals surface area contributed by atoms with E-state index in [9.17, 15) is 4.79 Å². The van der Waals surface area contributed by atoms with E-state index in [-0.39, 0.29) is 0 Å². The van der Waals surface area contributed by atoms with Gasteiger partial charge in [0.05, 0.1) is 18.2 Å². The lowest BCUT2D eigenvalue weighted by Crippen LogP contribution is -2.03. The van der Waals surface area contributed by atoms with Crippen molar-refractivity contribution in [3.8, 4) is 0 Å². The van der Waals surface area contributed by atoms with Crippen molar-refractivity contribution in [2.24, 2.45) is 0 Å². The summed E-state index contributed by atoms with van der Waals surface area (Å²) in [6.45, 7) is 0. The van der Waals surface area contributed by atoms with Gasteiger partial charge in [0.1, 0.15) is 0 Å². The first-order valence-corrected chi connectivity index (χ1v) is 5.22. The molecule has 4 heteroatoms. The third kappa shape index (κ3) is 3.04. The average Bonchev–Trinajstić information content (AvgIpc) is 2.82. The molecule has 4 nitrogen and oxygen atoms in total. The third-order valence-electron chi connectivity index (χ3n) is 2.36. The molecule has 0 fully saturated rings. The van der Waals surface area contributed by atoms with Gasteiger partial charge in [-0.1, -0.05) is 30.3 Å². The number of hydrogen-bond acceptors (Lipinski definition) is 2. The largest absolute Gasteiger partial charge is 0.478 e. The molecule has 0 atom stereocenters. The van der Waals surface area contributed by atoms with Crippen molar-refractivity contribution in [1.82, 2.24) is 9.97 Å². The molecule has 0 aliphatic rings. The summed E-state index contributed by atoms with van der Waals surface area (Å²) in [6.07, 6.45) is 5.11. The Labute approximate surface area is 98.6 Å². The molecule has 86 valence electrons. The van der Waals surface area contributed by atoms with Gasteiger partial charge >= 0.3 is 5.97 Å². The number of nitrogens with one attached hydrogen (secondary N) is 1. The number of carboxylic acids is 1. The van der Waals surface area contributed by atoms with Crippen molar-refractivity contribution in [2.45, 2.75) is 6.42 Å². The fourth-order valence-electron chi connectivity index (χ4n) is 1.54. The Balaban J connectivity index is 2.22. The Morgan fingerprint density at radius 2 is 2.12 bits per heavy atom. The highest BCUT2D eigenvalue weighted by Crippen LogP contribution is 2.11. The van der Waals surface area contributed by atoms with Crippen LogP contribution in [0.1, 0.15) is 11.3 Å². The zero-order chi connectivity index (χ0) is 12.1. The molecule has 2 rings (SSSR count). The second-order valence-electron chi connectivity index (χ2n) is 3.64. The summed E-state index contributed by atoms with van der Waals surface area (Å²) < 4.78 is 0. The predicted octanol–water partition coefficient (Wildman–Crippen LogP) is 2.12. The normalized spacial score (nSPS) is 11.4. The summed E-state index contributed by atoms with van der Waals surface area (Å²) in [5.41, 5.74) is 2.00. The van der Waals surface area contributed by atoms with Crippen LogP contribution >= 0.6 is 0 Å². The van der Waals surface area contributed by atoms with E-state index in [1.54, 1.807) is 12.3 Å². The molecule has 2 N–H and O–H groups in total. The topological polar surface area (TPSA) is 66.0 Å². The number of nitrogens with zero attached hydrogens (tertiary/aromatic N) is 1. The van der Waals surface area contributed by atoms with E-state index < -0.39 is 5.97 Å². The van der Waals surface area contributed by atoms with Gasteiger partial charge in [0.25, 0.3) is 0 Å². The number of rotatable bonds is 4. The molecule has 0 amide bonds. The number of H-pyrrole nitrogens is 1. The lowest BCUT2D eigenvalue weighted by Gasteiger charge is -2.02. The number of aromatic amines is 1. The molecule has 0 aliphatic carbocycles. The monoisotopic (exact) mass is 228 g/mol. The molecule has 17 heavy (non-hydrogen) atoms. The Bertz CT molecular complexity index is 516. The molecular weight excluding hydrogens is 216 g/mol. The molecule has 0 aliphatic heterocycles. The highest BCUT2D eigenvalue weighted by atomic mass is 16.4. The molecule has 0 saturated carbocycles. The quantitative estimate of drug-likeness (QED) is 0.788. The first-order chi connectivity index (χ1) is 8.25. The van der Waals surface area contributed by atoms with Crippen molar-refractivity contribution < 1.29 is 9.90 Å². The van der Waals surface area contributed by atoms with E-state index in [2.05, 4.69) is 9.97 Å². The minimum atomic E-state index is -0.913. The van der Waals surface area contributed by atoms with Gasteiger partial charge in [-0.2, -0.15) is 0 Å². The molecule has 0 bridgehead atoms. The van der Waals surface area contributed by atoms with Crippen LogP contribution in [-0.4, -0.2) is 21.0 Å². The number of imidazole rings is 1. The summed E-state index contributed by atoms with van der Waals surface area (Å²) >= 11 is 0. The molecule has 0 saturated heterocycles. The fraction of sp³-hybridized carbons (Fsp3) is 0.0769. The minimum absolute atomic E-state index is 0.334. The molecule has 1 heterocycles. The summed E-state index contributed by atoms with van der Waals surface area (Å²) in [4.78, 5) is 17.8. The second-order valence-corrected chi connectivity index (χ2v) is 3.64. The summed E-state index contributed by atoms with van der Waals surface area (Å²) in [5, 5.41) is 9.13. The average molecular weight is 228 g/mol. The highest BCUT2D eigenvalue weighted by molar-refractivity contribution is 5.92. The summed E-state index contributed by atoms with van der Waals surface area (Å²) in [6, 6.07) is 9.51. The van der Waals surface area contributed by atoms with Crippen LogP contribution in [0.3, 0.4) is 0 Å². The summed E-state index contributed by atoms with van der Waals surface area (Å²) in [5.74, 6) is -0.913. The maximum Gasteiger partial charge on any atom is 0.331 e. The van der Waals surface area contributed by atoms with E-state index in [1.807, 2.05) is 30.3 Å². The first kappa shape index (κ1) is 11.1. The standard InChI is InChI=1S/C13H12N2O2/c16-13(17)11(7-12-8-14-9-15-12)6-10-4-2-1-3-5-10/h1-5,7-9H,6H2,(H,14,15)(H,16,17). The smallest absolute Gasteiger partial charge is 0.331 e. The minimum Gasteiger partial charge on any atom is -0.478 e. The Kier molecular flexibility index (Phi) is 3.35. The van der Waals surface area contributed by atoms with Crippen LogP contribution in [0.25, 0.3) is 6.08 Å². The SMILES string of the molecule is O=C(O)C(=Cc1cnc[nH]1)Cc1ccccc1. The van der Waals surface area contributed by atoms with Crippen LogP contribution in [-0.2, 0) is 11.2 Å². The molecule has 2 aromatic rings. The van der Waals surface area contributed by atoms with Crippen molar-refractivity contribution >= 4 is 12.0 Å². The first-order valence-electron chi connectivity index (χ1n) is 5.22. The molecule has 1 aromatic carbocycles. The second kappa shape index (κ2) is 5.12. The van der Waals surface area contributed by atoms with Crippen LogP contribution in [0.5, 0.6) is 0 Å². The van der Waals surface area contributed by atoms with Gasteiger partial charge in [0.15, 0.2) is 0 Å². The van der Waals surface area contributed by atoms with E-state index in [4.69, 9.17) is 5.11 Å². The van der Waals surface area contributed by atoms with E-state index >= 15 is 0 Å². The molecule has 0 spiro atoms. The Morgan fingerprint density at radius 3 is 2.71 bits per heavy atom. The number of carboxylic acid groups (broad SMARTS) is 1. The van der Waals surface area contributed by atoms with Gasteiger partial charge in [-0.05, 0) is 11.6 Å². The van der Waals surface area contributed by atoms with Crippen LogP contribution in [0.15, 0.2) is 48.4 Å². The number of aliphatic carboxylic acids is 1. The number of carbonyl (C=O) groups is 1. The zero-order valence-corrected chi connectivity index (χ0v) is 9.13. The van der Waals surface area contributed by atoms with Gasteiger partial charge < -0.3 is 10.1 Å². The number of benzene rings is 1. The fourth-order valence-corrected chi connectivity index (χ4v) is 1.54. The zero-order valence-electron chi connectivity index (χ0n) is 9.13. The number of aromatic nitrogens is 2. The predicted molar refractivity (Wildman–Crippen MR) is 64.3 cm³/mol. The van der Waals surface area contributed by atoms with E-state index in [1.165, 1.54) is 6.33 Å². The van der Waals surface area contributed by atoms with Crippen molar-refractivity contribution in [2.75, 3.05) is 0 Å². The Hall–Kier alpha value is -2.36. The molecule has 0 unspecified atom stereocenters.